The van der Waals surface area contributed by atoms with E-state index in [0.29, 0.717) is 11.3 Å². The smallest absolute Gasteiger partial charge is 0.420 e. The second kappa shape index (κ2) is 10.8. The van der Waals surface area contributed by atoms with Gasteiger partial charge in [0.25, 0.3) is 0 Å². The molecule has 0 aliphatic heterocycles. The molecule has 0 spiro atoms. The van der Waals surface area contributed by atoms with E-state index in [1.165, 1.54) is 31.4 Å². The van der Waals surface area contributed by atoms with Crippen LogP contribution < -0.4 is 10.1 Å². The highest BCUT2D eigenvalue weighted by Crippen LogP contribution is 2.30. The number of rotatable bonds is 6. The highest BCUT2D eigenvalue weighted by Gasteiger charge is 2.32. The number of pyridine rings is 1. The lowest BCUT2D eigenvalue weighted by molar-refractivity contribution is -0.384. The fourth-order valence-corrected chi connectivity index (χ4v) is 2.88. The first-order chi connectivity index (χ1) is 16.1. The SMILES string of the molecule is COc1ccc([N+](=O)[O-])c(Nc2ccc(Cl)c(CN(C(=O)OC(C)(C)C)C(=O)OC(C)(C)C)c2)n1. The third kappa shape index (κ3) is 8.29. The summed E-state index contributed by atoms with van der Waals surface area (Å²) in [5, 5.41) is 14.5. The molecular weight excluding hydrogens is 480 g/mol. The highest BCUT2D eigenvalue weighted by molar-refractivity contribution is 6.31. The molecule has 0 unspecified atom stereocenters. The van der Waals surface area contributed by atoms with Crippen LogP contribution in [0.25, 0.3) is 0 Å². The van der Waals surface area contributed by atoms with Gasteiger partial charge < -0.3 is 19.5 Å². The Kier molecular flexibility index (Phi) is 8.50. The van der Waals surface area contributed by atoms with Gasteiger partial charge in [0.2, 0.25) is 11.7 Å². The molecule has 0 radical (unpaired) electrons. The van der Waals surface area contributed by atoms with Crippen molar-refractivity contribution >= 4 is 41.0 Å². The van der Waals surface area contributed by atoms with Crippen molar-refractivity contribution in [1.82, 2.24) is 9.88 Å². The summed E-state index contributed by atoms with van der Waals surface area (Å²) in [6.07, 6.45) is -1.82. The normalized spacial score (nSPS) is 11.4. The minimum atomic E-state index is -0.911. The fourth-order valence-electron chi connectivity index (χ4n) is 2.71. The number of carbonyl (C=O) groups is 2. The number of amides is 2. The Labute approximate surface area is 208 Å². The molecule has 1 heterocycles. The van der Waals surface area contributed by atoms with Gasteiger partial charge in [0.05, 0.1) is 18.6 Å². The molecule has 0 bridgehead atoms. The number of nitro groups is 1. The number of aromatic nitrogens is 1. The number of methoxy groups -OCH3 is 1. The van der Waals surface area contributed by atoms with Gasteiger partial charge in [0, 0.05) is 22.8 Å². The van der Waals surface area contributed by atoms with Gasteiger partial charge in [0.1, 0.15) is 11.2 Å². The van der Waals surface area contributed by atoms with Gasteiger partial charge in [-0.3, -0.25) is 10.1 Å². The van der Waals surface area contributed by atoms with Crippen LogP contribution in [0.4, 0.5) is 26.8 Å². The van der Waals surface area contributed by atoms with E-state index in [-0.39, 0.29) is 29.0 Å². The minimum Gasteiger partial charge on any atom is -0.481 e. The Morgan fingerprint density at radius 3 is 2.11 bits per heavy atom. The lowest BCUT2D eigenvalue weighted by atomic mass is 10.1. The maximum Gasteiger partial charge on any atom is 0.420 e. The molecule has 190 valence electrons. The van der Waals surface area contributed by atoms with E-state index in [0.717, 1.165) is 4.90 Å². The number of nitrogens with zero attached hydrogens (tertiary/aromatic N) is 3. The average Bonchev–Trinajstić information content (AvgIpc) is 2.71. The van der Waals surface area contributed by atoms with Crippen LogP contribution in [0.15, 0.2) is 30.3 Å². The van der Waals surface area contributed by atoms with Crippen LogP contribution in [0.1, 0.15) is 47.1 Å². The molecule has 0 atom stereocenters. The number of benzene rings is 1. The van der Waals surface area contributed by atoms with Crippen molar-refractivity contribution in [3.63, 3.8) is 0 Å². The number of ether oxygens (including phenoxy) is 3. The van der Waals surface area contributed by atoms with Gasteiger partial charge in [-0.1, -0.05) is 11.6 Å². The van der Waals surface area contributed by atoms with E-state index >= 15 is 0 Å². The zero-order valence-corrected chi connectivity index (χ0v) is 21.4. The van der Waals surface area contributed by atoms with Crippen molar-refractivity contribution in [3.05, 3.63) is 51.0 Å². The zero-order chi connectivity index (χ0) is 26.6. The monoisotopic (exact) mass is 508 g/mol. The Balaban J connectivity index is 2.41. The van der Waals surface area contributed by atoms with Gasteiger partial charge >= 0.3 is 17.9 Å². The van der Waals surface area contributed by atoms with Gasteiger partial charge in [-0.05, 0) is 65.3 Å². The third-order valence-electron chi connectivity index (χ3n) is 4.12. The molecule has 0 aliphatic carbocycles. The molecule has 1 aromatic carbocycles. The van der Waals surface area contributed by atoms with E-state index in [1.54, 1.807) is 47.6 Å². The second-order valence-corrected chi connectivity index (χ2v) is 9.86. The van der Waals surface area contributed by atoms with Crippen LogP contribution >= 0.6 is 11.6 Å². The molecule has 1 aromatic heterocycles. The summed E-state index contributed by atoms with van der Waals surface area (Å²) >= 11 is 6.35. The summed E-state index contributed by atoms with van der Waals surface area (Å²) in [6, 6.07) is 7.26. The van der Waals surface area contributed by atoms with Crippen molar-refractivity contribution in [1.29, 1.82) is 0 Å². The van der Waals surface area contributed by atoms with Crippen molar-refractivity contribution in [3.8, 4) is 5.88 Å². The zero-order valence-electron chi connectivity index (χ0n) is 20.7. The Morgan fingerprint density at radius 2 is 1.63 bits per heavy atom. The van der Waals surface area contributed by atoms with E-state index in [2.05, 4.69) is 10.3 Å². The van der Waals surface area contributed by atoms with Crippen molar-refractivity contribution in [2.75, 3.05) is 12.4 Å². The summed E-state index contributed by atoms with van der Waals surface area (Å²) < 4.78 is 15.8. The van der Waals surface area contributed by atoms with Crippen LogP contribution in [0.2, 0.25) is 5.02 Å². The maximum atomic E-state index is 12.8. The van der Waals surface area contributed by atoms with E-state index in [1.807, 2.05) is 0 Å². The van der Waals surface area contributed by atoms with Crippen LogP contribution in [-0.4, -0.2) is 45.3 Å². The molecule has 2 amide bonds. The first-order valence-corrected chi connectivity index (χ1v) is 11.0. The number of hydrogen-bond acceptors (Lipinski definition) is 9. The summed E-state index contributed by atoms with van der Waals surface area (Å²) in [5.74, 6) is 0.118. The predicted octanol–water partition coefficient (Wildman–Crippen LogP) is 6.07. The number of hydrogen-bond donors (Lipinski definition) is 1. The lowest BCUT2D eigenvalue weighted by Gasteiger charge is -2.29. The first kappa shape index (κ1) is 27.6. The second-order valence-electron chi connectivity index (χ2n) is 9.46. The van der Waals surface area contributed by atoms with Gasteiger partial charge in [0.15, 0.2) is 0 Å². The topological polar surface area (TPSA) is 133 Å². The van der Waals surface area contributed by atoms with Gasteiger partial charge in [-0.25, -0.2) is 14.5 Å². The highest BCUT2D eigenvalue weighted by atomic mass is 35.5. The molecule has 0 saturated heterocycles. The lowest BCUT2D eigenvalue weighted by Crippen LogP contribution is -2.43. The Morgan fingerprint density at radius 1 is 1.06 bits per heavy atom. The summed E-state index contributed by atoms with van der Waals surface area (Å²) in [7, 11) is 1.39. The van der Waals surface area contributed by atoms with Crippen LogP contribution in [0, 0.1) is 10.1 Å². The fraction of sp³-hybridized carbons (Fsp3) is 0.435. The quantitative estimate of drug-likeness (QED) is 0.364. The Hall–Kier alpha value is -3.60. The molecular formula is C23H29ClN4O7. The molecule has 11 nitrogen and oxygen atoms in total. The number of imide groups is 1. The molecule has 2 rings (SSSR count). The largest absolute Gasteiger partial charge is 0.481 e. The van der Waals surface area contributed by atoms with Crippen LogP contribution in [0.3, 0.4) is 0 Å². The predicted molar refractivity (Wildman–Crippen MR) is 130 cm³/mol. The third-order valence-corrected chi connectivity index (χ3v) is 4.49. The van der Waals surface area contributed by atoms with E-state index in [9.17, 15) is 19.7 Å². The molecule has 0 fully saturated rings. The van der Waals surface area contributed by atoms with Crippen molar-refractivity contribution in [2.24, 2.45) is 0 Å². The van der Waals surface area contributed by atoms with Gasteiger partial charge in [-0.15, -0.1) is 0 Å². The van der Waals surface area contributed by atoms with Crippen molar-refractivity contribution in [2.45, 2.75) is 59.3 Å². The Bertz CT molecular complexity index is 1080. The minimum absolute atomic E-state index is 0.0567. The first-order valence-electron chi connectivity index (χ1n) is 10.6. The van der Waals surface area contributed by atoms with E-state index < -0.39 is 28.3 Å². The molecule has 0 aliphatic rings. The average molecular weight is 509 g/mol. The van der Waals surface area contributed by atoms with Gasteiger partial charge in [-0.2, -0.15) is 4.98 Å². The van der Waals surface area contributed by atoms with Crippen molar-refractivity contribution < 1.29 is 28.7 Å². The van der Waals surface area contributed by atoms with Crippen LogP contribution in [-0.2, 0) is 16.0 Å². The number of nitrogens with one attached hydrogen (secondary N) is 1. The number of carbonyl (C=O) groups excluding carboxylic acids is 2. The molecule has 0 saturated carbocycles. The maximum absolute atomic E-state index is 12.8. The summed E-state index contributed by atoms with van der Waals surface area (Å²) in [4.78, 5) is 41.3. The standard InChI is InChI=1S/C23H29ClN4O7/c1-22(2,3)34-20(29)27(21(30)35-23(4,5)6)13-14-12-15(8-9-16(14)24)25-19-17(28(31)32)10-11-18(26-19)33-7/h8-12H,13H2,1-7H3,(H,25,26). The summed E-state index contributed by atoms with van der Waals surface area (Å²) in [5.41, 5.74) is -1.25. The summed E-state index contributed by atoms with van der Waals surface area (Å²) in [6.45, 7) is 9.75. The molecule has 35 heavy (non-hydrogen) atoms. The number of halogens is 1. The van der Waals surface area contributed by atoms with E-state index in [4.69, 9.17) is 25.8 Å². The molecule has 2 aromatic rings. The molecule has 12 heteroatoms. The number of anilines is 2. The van der Waals surface area contributed by atoms with Crippen LogP contribution in [0.5, 0.6) is 5.88 Å². The molecule has 1 N–H and O–H groups in total.